The highest BCUT2D eigenvalue weighted by molar-refractivity contribution is 5.74. The van der Waals surface area contributed by atoms with Crippen molar-refractivity contribution in [3.8, 4) is 5.75 Å². The Morgan fingerprint density at radius 1 is 1.22 bits per heavy atom. The number of carbonyl (C=O) groups excluding carboxylic acids is 1. The Morgan fingerprint density at radius 3 is 2.63 bits per heavy atom. The van der Waals surface area contributed by atoms with E-state index in [1.165, 1.54) is 5.56 Å². The van der Waals surface area contributed by atoms with Crippen LogP contribution in [-0.4, -0.2) is 35.1 Å². The number of aromatic nitrogens is 1. The molecule has 0 saturated carbocycles. The zero-order chi connectivity index (χ0) is 19.9. The van der Waals surface area contributed by atoms with Crippen LogP contribution in [0.2, 0.25) is 0 Å². The molecule has 1 aromatic heterocycles. The number of carbonyl (C=O) groups is 1. The third kappa shape index (κ3) is 6.59. The van der Waals surface area contributed by atoms with Gasteiger partial charge in [0.15, 0.2) is 0 Å². The van der Waals surface area contributed by atoms with Gasteiger partial charge < -0.3 is 15.0 Å². The molecule has 1 heterocycles. The molecule has 5 nitrogen and oxygen atoms in total. The molecular weight excluding hydrogens is 338 g/mol. The van der Waals surface area contributed by atoms with Crippen LogP contribution in [0, 0.1) is 0 Å². The summed E-state index contributed by atoms with van der Waals surface area (Å²) < 4.78 is 5.81. The van der Waals surface area contributed by atoms with Gasteiger partial charge in [-0.25, -0.2) is 4.79 Å². The number of hydrogen-bond acceptors (Lipinski definition) is 3. The van der Waals surface area contributed by atoms with Crippen molar-refractivity contribution in [3.63, 3.8) is 0 Å². The largest absolute Gasteiger partial charge is 0.492 e. The number of amides is 2. The second kappa shape index (κ2) is 9.40. The first-order valence-electron chi connectivity index (χ1n) is 9.44. The van der Waals surface area contributed by atoms with Gasteiger partial charge in [-0.2, -0.15) is 0 Å². The van der Waals surface area contributed by atoms with Crippen molar-refractivity contribution in [3.05, 3.63) is 59.9 Å². The first-order valence-corrected chi connectivity index (χ1v) is 9.44. The van der Waals surface area contributed by atoms with Crippen LogP contribution in [0.15, 0.2) is 48.8 Å². The normalized spacial score (nSPS) is 11.3. The Bertz CT molecular complexity index is 724. The molecule has 1 N–H and O–H groups in total. The van der Waals surface area contributed by atoms with E-state index >= 15 is 0 Å². The SMILES string of the molecule is CC(C)N(Cc1cccnc1)C(=O)NCCOc1cccc(C(C)(C)C)c1. The van der Waals surface area contributed by atoms with E-state index in [9.17, 15) is 4.79 Å². The fraction of sp³-hybridized carbons (Fsp3) is 0.455. The van der Waals surface area contributed by atoms with Gasteiger partial charge in [0.25, 0.3) is 0 Å². The predicted octanol–water partition coefficient (Wildman–Crippen LogP) is 4.38. The number of nitrogens with one attached hydrogen (secondary N) is 1. The molecular formula is C22H31N3O2. The van der Waals surface area contributed by atoms with Gasteiger partial charge in [0.05, 0.1) is 6.54 Å². The van der Waals surface area contributed by atoms with Crippen LogP contribution in [0.4, 0.5) is 4.79 Å². The summed E-state index contributed by atoms with van der Waals surface area (Å²) in [6, 6.07) is 12.0. The predicted molar refractivity (Wildman–Crippen MR) is 109 cm³/mol. The van der Waals surface area contributed by atoms with Gasteiger partial charge >= 0.3 is 6.03 Å². The summed E-state index contributed by atoms with van der Waals surface area (Å²) in [6.45, 7) is 12.0. The zero-order valence-corrected chi connectivity index (χ0v) is 17.0. The van der Waals surface area contributed by atoms with Crippen molar-refractivity contribution in [2.45, 2.75) is 52.6 Å². The lowest BCUT2D eigenvalue weighted by atomic mass is 9.87. The summed E-state index contributed by atoms with van der Waals surface area (Å²) in [6.07, 6.45) is 3.52. The average Bonchev–Trinajstić information content (AvgIpc) is 2.63. The molecule has 0 unspecified atom stereocenters. The molecule has 2 amide bonds. The summed E-state index contributed by atoms with van der Waals surface area (Å²) in [7, 11) is 0. The maximum atomic E-state index is 12.5. The van der Waals surface area contributed by atoms with Crippen molar-refractivity contribution in [1.29, 1.82) is 0 Å². The van der Waals surface area contributed by atoms with Crippen LogP contribution < -0.4 is 10.1 Å². The van der Waals surface area contributed by atoms with Gasteiger partial charge in [0, 0.05) is 25.0 Å². The molecule has 0 saturated heterocycles. The lowest BCUT2D eigenvalue weighted by Gasteiger charge is -2.27. The third-order valence-electron chi connectivity index (χ3n) is 4.31. The molecule has 0 aliphatic heterocycles. The molecule has 146 valence electrons. The highest BCUT2D eigenvalue weighted by Crippen LogP contribution is 2.25. The Balaban J connectivity index is 1.84. The monoisotopic (exact) mass is 369 g/mol. The van der Waals surface area contributed by atoms with E-state index in [2.05, 4.69) is 43.2 Å². The second-order valence-electron chi connectivity index (χ2n) is 7.94. The minimum Gasteiger partial charge on any atom is -0.492 e. The quantitative estimate of drug-likeness (QED) is 0.737. The topological polar surface area (TPSA) is 54.5 Å². The van der Waals surface area contributed by atoms with Gasteiger partial charge in [0.2, 0.25) is 0 Å². The molecule has 0 atom stereocenters. The van der Waals surface area contributed by atoms with Crippen LogP contribution in [0.1, 0.15) is 45.7 Å². The number of rotatable bonds is 7. The maximum absolute atomic E-state index is 12.5. The smallest absolute Gasteiger partial charge is 0.318 e. The highest BCUT2D eigenvalue weighted by atomic mass is 16.5. The molecule has 0 bridgehead atoms. The standard InChI is InChI=1S/C22H31N3O2/c1-17(2)25(16-18-8-7-11-23-15-18)21(26)24-12-13-27-20-10-6-9-19(14-20)22(3,4)5/h6-11,14-15,17H,12-13,16H2,1-5H3,(H,24,26). The number of hydrogen-bond donors (Lipinski definition) is 1. The number of ether oxygens (including phenoxy) is 1. The summed E-state index contributed by atoms with van der Waals surface area (Å²) >= 11 is 0. The average molecular weight is 370 g/mol. The van der Waals surface area contributed by atoms with Gasteiger partial charge in [-0.3, -0.25) is 4.98 Å². The van der Waals surface area contributed by atoms with Crippen LogP contribution in [-0.2, 0) is 12.0 Å². The highest BCUT2D eigenvalue weighted by Gasteiger charge is 2.17. The third-order valence-corrected chi connectivity index (χ3v) is 4.31. The molecule has 0 fully saturated rings. The van der Waals surface area contributed by atoms with E-state index in [0.717, 1.165) is 11.3 Å². The van der Waals surface area contributed by atoms with E-state index < -0.39 is 0 Å². The first kappa shape index (κ1) is 20.7. The fourth-order valence-electron chi connectivity index (χ4n) is 2.66. The number of pyridine rings is 1. The Morgan fingerprint density at radius 2 is 2.00 bits per heavy atom. The molecule has 1 aromatic carbocycles. The molecule has 2 rings (SSSR count). The van der Waals surface area contributed by atoms with Crippen molar-refractivity contribution >= 4 is 6.03 Å². The molecule has 5 heteroatoms. The van der Waals surface area contributed by atoms with Gasteiger partial charge in [-0.1, -0.05) is 39.0 Å². The van der Waals surface area contributed by atoms with E-state index in [1.54, 1.807) is 17.3 Å². The van der Waals surface area contributed by atoms with E-state index in [4.69, 9.17) is 4.74 Å². The summed E-state index contributed by atoms with van der Waals surface area (Å²) in [5.41, 5.74) is 2.32. The molecule has 0 radical (unpaired) electrons. The Kier molecular flexibility index (Phi) is 7.22. The van der Waals surface area contributed by atoms with Crippen LogP contribution in [0.3, 0.4) is 0 Å². The van der Waals surface area contributed by atoms with E-state index in [-0.39, 0.29) is 17.5 Å². The fourth-order valence-corrected chi connectivity index (χ4v) is 2.66. The Labute approximate surface area is 162 Å². The van der Waals surface area contributed by atoms with Gasteiger partial charge in [-0.15, -0.1) is 0 Å². The van der Waals surface area contributed by atoms with Crippen molar-refractivity contribution in [2.75, 3.05) is 13.2 Å². The second-order valence-corrected chi connectivity index (χ2v) is 7.94. The van der Waals surface area contributed by atoms with E-state index in [0.29, 0.717) is 19.7 Å². The molecule has 0 spiro atoms. The minimum absolute atomic E-state index is 0.0810. The Hall–Kier alpha value is -2.56. The summed E-state index contributed by atoms with van der Waals surface area (Å²) in [4.78, 5) is 18.4. The minimum atomic E-state index is -0.0964. The summed E-state index contributed by atoms with van der Waals surface area (Å²) in [5.74, 6) is 0.827. The van der Waals surface area contributed by atoms with Crippen molar-refractivity contribution in [2.24, 2.45) is 0 Å². The maximum Gasteiger partial charge on any atom is 0.318 e. The lowest BCUT2D eigenvalue weighted by molar-refractivity contribution is 0.177. The molecule has 2 aromatic rings. The van der Waals surface area contributed by atoms with Crippen LogP contribution in [0.5, 0.6) is 5.75 Å². The van der Waals surface area contributed by atoms with Gasteiger partial charge in [0.1, 0.15) is 12.4 Å². The number of nitrogens with zero attached hydrogens (tertiary/aromatic N) is 2. The molecule has 0 aliphatic carbocycles. The lowest BCUT2D eigenvalue weighted by Crippen LogP contribution is -2.44. The summed E-state index contributed by atoms with van der Waals surface area (Å²) in [5, 5.41) is 2.94. The van der Waals surface area contributed by atoms with Crippen LogP contribution >= 0.6 is 0 Å². The van der Waals surface area contributed by atoms with Crippen LogP contribution in [0.25, 0.3) is 0 Å². The first-order chi connectivity index (χ1) is 12.8. The number of benzene rings is 1. The van der Waals surface area contributed by atoms with E-state index in [1.807, 2.05) is 38.1 Å². The van der Waals surface area contributed by atoms with Gasteiger partial charge in [-0.05, 0) is 48.6 Å². The molecule has 0 aliphatic rings. The van der Waals surface area contributed by atoms with Crippen molar-refractivity contribution in [1.82, 2.24) is 15.2 Å². The van der Waals surface area contributed by atoms with Crippen molar-refractivity contribution < 1.29 is 9.53 Å². The zero-order valence-electron chi connectivity index (χ0n) is 17.0. The number of urea groups is 1. The molecule has 27 heavy (non-hydrogen) atoms.